The quantitative estimate of drug-likeness (QED) is 0.0136. The van der Waals surface area contributed by atoms with Crippen LogP contribution in [0.5, 0.6) is 23.0 Å². The number of hydrogen-bond acceptors (Lipinski definition) is 14. The number of ether oxygens (including phenoxy) is 6. The van der Waals surface area contributed by atoms with Crippen molar-refractivity contribution in [3.05, 3.63) is 44.3 Å². The van der Waals surface area contributed by atoms with Gasteiger partial charge in [0.05, 0.1) is 56.1 Å². The molecular formula is C52H76Br2IN3O14. The number of aromatic hydroxyl groups is 2. The van der Waals surface area contributed by atoms with Crippen LogP contribution < -0.4 is 44.1 Å². The molecule has 2 aromatic carbocycles. The fourth-order valence-electron chi connectivity index (χ4n) is 8.50. The van der Waals surface area contributed by atoms with E-state index in [2.05, 4.69) is 42.5 Å². The zero-order valence-electron chi connectivity index (χ0n) is 42.2. The summed E-state index contributed by atoms with van der Waals surface area (Å²) < 4.78 is 34.0. The second-order valence-electron chi connectivity index (χ2n) is 19.6. The van der Waals surface area contributed by atoms with Crippen LogP contribution in [0.15, 0.2) is 33.2 Å². The Morgan fingerprint density at radius 2 is 0.972 bits per heavy atom. The minimum Gasteiger partial charge on any atom is -1.00 e. The number of likely N-dealkylation sites (N-methyl/N-ethyl adjacent to an activating group) is 1. The van der Waals surface area contributed by atoms with Gasteiger partial charge >= 0.3 is 36.1 Å². The van der Waals surface area contributed by atoms with E-state index in [1.165, 1.54) is 12.1 Å². The van der Waals surface area contributed by atoms with E-state index in [-0.39, 0.29) is 103 Å². The fraction of sp³-hybridized carbons (Fsp3) is 0.654. The first-order valence-electron chi connectivity index (χ1n) is 25.4. The zero-order chi connectivity index (χ0) is 51.6. The molecule has 0 saturated carbocycles. The summed E-state index contributed by atoms with van der Waals surface area (Å²) in [6.45, 7) is 1.60. The van der Waals surface area contributed by atoms with Crippen molar-refractivity contribution in [2.75, 3.05) is 60.6 Å². The van der Waals surface area contributed by atoms with Crippen molar-refractivity contribution in [1.29, 1.82) is 0 Å². The molecule has 20 heteroatoms. The second-order valence-corrected chi connectivity index (χ2v) is 21.3. The first-order chi connectivity index (χ1) is 34.0. The Hall–Kier alpha value is -3.89. The van der Waals surface area contributed by atoms with E-state index in [0.29, 0.717) is 45.9 Å². The summed E-state index contributed by atoms with van der Waals surface area (Å²) >= 11 is 6.57. The predicted molar refractivity (Wildman–Crippen MR) is 272 cm³/mol. The summed E-state index contributed by atoms with van der Waals surface area (Å²) in [4.78, 5) is 73.8. The second kappa shape index (κ2) is 33.8. The molecule has 0 spiro atoms. The summed E-state index contributed by atoms with van der Waals surface area (Å²) in [5.41, 5.74) is 1.44. The van der Waals surface area contributed by atoms with E-state index in [9.17, 15) is 39.0 Å². The highest BCUT2D eigenvalue weighted by molar-refractivity contribution is 9.11. The molecule has 3 atom stereocenters. The number of amides is 2. The summed E-state index contributed by atoms with van der Waals surface area (Å²) in [6.07, 6.45) is 17.0. The van der Waals surface area contributed by atoms with Gasteiger partial charge in [0.15, 0.2) is 6.10 Å². The molecule has 2 amide bonds. The normalized spacial score (nSPS) is 15.4. The summed E-state index contributed by atoms with van der Waals surface area (Å²) in [6, 6.07) is 6.16. The molecule has 0 saturated heterocycles. The number of alkyl carbamates (subject to hydrolysis) is 2. The van der Waals surface area contributed by atoms with Gasteiger partial charge in [0.25, 0.3) is 0 Å². The number of phenolic OH excluding ortho intramolecular Hbond substituents is 2. The smallest absolute Gasteiger partial charge is 0.407 e. The number of hydrogen-bond donors (Lipinski definition) is 4. The van der Waals surface area contributed by atoms with Crippen LogP contribution in [0.4, 0.5) is 9.59 Å². The van der Waals surface area contributed by atoms with Crippen LogP contribution in [0, 0.1) is 0 Å². The molecule has 3 unspecified atom stereocenters. The lowest BCUT2D eigenvalue weighted by molar-refractivity contribution is -0.873. The number of quaternary nitrogens is 1. The number of fused-ring (bicyclic) bond motifs is 2. The molecule has 72 heavy (non-hydrogen) atoms. The summed E-state index contributed by atoms with van der Waals surface area (Å²) in [5, 5.41) is 25.4. The highest BCUT2D eigenvalue weighted by Crippen LogP contribution is 2.42. The molecule has 2 heterocycles. The van der Waals surface area contributed by atoms with Crippen LogP contribution in [-0.2, 0) is 38.1 Å². The van der Waals surface area contributed by atoms with Gasteiger partial charge in [-0.05, 0) is 69.7 Å². The van der Waals surface area contributed by atoms with E-state index >= 15 is 0 Å². The number of benzene rings is 2. The highest BCUT2D eigenvalue weighted by atomic mass is 127. The average Bonchev–Trinajstić information content (AvgIpc) is 3.30. The van der Waals surface area contributed by atoms with Crippen molar-refractivity contribution in [2.45, 2.75) is 159 Å². The number of unbranched alkanes of at least 4 members (excludes halogenated alkanes) is 16. The topological polar surface area (TPSA) is 222 Å². The monoisotopic (exact) mass is 1250 g/mol. The maximum atomic E-state index is 12.6. The minimum atomic E-state index is -0.600. The molecule has 2 aliphatic heterocycles. The lowest BCUT2D eigenvalue weighted by Gasteiger charge is -2.28. The van der Waals surface area contributed by atoms with E-state index < -0.39 is 30.2 Å². The number of nitrogens with one attached hydrogen (secondary N) is 2. The van der Waals surface area contributed by atoms with Crippen LogP contribution in [0.3, 0.4) is 0 Å². The van der Waals surface area contributed by atoms with E-state index in [4.69, 9.17) is 28.4 Å². The van der Waals surface area contributed by atoms with Gasteiger partial charge in [-0.1, -0.05) is 89.9 Å². The Morgan fingerprint density at radius 3 is 1.38 bits per heavy atom. The lowest BCUT2D eigenvalue weighted by atomic mass is 9.93. The van der Waals surface area contributed by atoms with Crippen LogP contribution >= 0.6 is 31.9 Å². The number of carbonyl (C=O) groups excluding carboxylic acids is 6. The van der Waals surface area contributed by atoms with E-state index in [0.717, 1.165) is 127 Å². The molecule has 404 valence electrons. The van der Waals surface area contributed by atoms with Crippen molar-refractivity contribution in [3.8, 4) is 23.0 Å². The third-order valence-corrected chi connectivity index (χ3v) is 13.6. The van der Waals surface area contributed by atoms with Crippen molar-refractivity contribution in [2.24, 2.45) is 0 Å². The number of nitrogens with zero attached hydrogens (tertiary/aromatic N) is 1. The SMILES string of the molecule is C[N+](C)(C)CC(COC(=O)NCCCCCCCCCCCC(=O)OCC1CC(=O)Oc2cc(O)c(Br)cc21)OC(=O)NCCCCCCCCCCCC(=O)OCC1CC(=O)Oc2cc(O)c(Br)cc21.[I-]. The number of phenols is 2. The van der Waals surface area contributed by atoms with E-state index in [1.54, 1.807) is 12.1 Å². The van der Waals surface area contributed by atoms with Gasteiger partial charge in [0.1, 0.15) is 36.1 Å². The highest BCUT2D eigenvalue weighted by Gasteiger charge is 2.31. The lowest BCUT2D eigenvalue weighted by Crippen LogP contribution is -3.00. The number of halogens is 3. The Labute approximate surface area is 458 Å². The minimum absolute atomic E-state index is 0. The van der Waals surface area contributed by atoms with Gasteiger partial charge in [-0.2, -0.15) is 0 Å². The third-order valence-electron chi connectivity index (χ3n) is 12.3. The zero-order valence-corrected chi connectivity index (χ0v) is 47.5. The van der Waals surface area contributed by atoms with Gasteiger partial charge < -0.3 is 77.7 Å². The third kappa shape index (κ3) is 24.9. The van der Waals surface area contributed by atoms with Crippen LogP contribution in [0.25, 0.3) is 0 Å². The molecule has 0 bridgehead atoms. The van der Waals surface area contributed by atoms with Crippen molar-refractivity contribution < 1.29 is 95.9 Å². The molecule has 2 aliphatic rings. The Balaban J connectivity index is 0.0000137. The largest absolute Gasteiger partial charge is 1.00 e. The fourth-order valence-corrected chi connectivity index (χ4v) is 9.22. The van der Waals surface area contributed by atoms with Crippen LogP contribution in [0.1, 0.15) is 164 Å². The molecule has 4 rings (SSSR count). The molecular weight excluding hydrogens is 1180 g/mol. The molecule has 17 nitrogen and oxygen atoms in total. The molecule has 0 radical (unpaired) electrons. The molecule has 2 aromatic rings. The molecule has 4 N–H and O–H groups in total. The number of carbonyl (C=O) groups is 6. The van der Waals surface area contributed by atoms with Crippen LogP contribution in [-0.4, -0.2) is 117 Å². The maximum absolute atomic E-state index is 12.6. The summed E-state index contributed by atoms with van der Waals surface area (Å²) in [5.74, 6) is -1.53. The first kappa shape index (κ1) is 62.4. The van der Waals surface area contributed by atoms with Gasteiger partial charge in [0, 0.05) is 61.0 Å². The van der Waals surface area contributed by atoms with Gasteiger partial charge in [-0.25, -0.2) is 9.59 Å². The number of rotatable bonds is 33. The predicted octanol–water partition coefficient (Wildman–Crippen LogP) is 7.53. The van der Waals surface area contributed by atoms with Crippen molar-refractivity contribution in [1.82, 2.24) is 10.6 Å². The molecule has 0 fully saturated rings. The van der Waals surface area contributed by atoms with Gasteiger partial charge in [-0.3, -0.25) is 19.2 Å². The maximum Gasteiger partial charge on any atom is 0.407 e. The Bertz CT molecular complexity index is 2050. The Kier molecular flexibility index (Phi) is 29.3. The first-order valence-corrected chi connectivity index (χ1v) is 27.0. The number of esters is 4. The van der Waals surface area contributed by atoms with Crippen molar-refractivity contribution in [3.63, 3.8) is 0 Å². The molecule has 0 aromatic heterocycles. The van der Waals surface area contributed by atoms with Gasteiger partial charge in [-0.15, -0.1) is 0 Å². The van der Waals surface area contributed by atoms with Crippen LogP contribution in [0.2, 0.25) is 0 Å². The van der Waals surface area contributed by atoms with Gasteiger partial charge in [0.2, 0.25) is 0 Å². The average molecular weight is 1250 g/mol. The molecule has 0 aliphatic carbocycles. The Morgan fingerprint density at radius 1 is 0.597 bits per heavy atom. The van der Waals surface area contributed by atoms with Crippen molar-refractivity contribution >= 4 is 67.9 Å². The standard InChI is InChI=1S/C52H75Br2N3O14.HI/c1-57(2,3)32-38(69-52(65)56-25-21-17-13-9-5-7-11-15-19-23-48(61)67-34-37-27-50(63)71-46-31-44(59)42(54)29-40(37)46)35-68-51(64)55-24-20-16-12-8-4-6-10-14-18-22-47(60)66-33-36-26-49(62)70-45-30-43(58)41(53)28-39(36)45;/h28-31,36-38H,4-27,32-35H2,1-3H3,(H3-,55,56,58,59,64,65);1H. The van der Waals surface area contributed by atoms with E-state index in [1.807, 2.05) is 21.1 Å². The summed E-state index contributed by atoms with van der Waals surface area (Å²) in [7, 11) is 5.94.